The lowest BCUT2D eigenvalue weighted by Gasteiger charge is -2.06. The number of pyridine rings is 1. The van der Waals surface area contributed by atoms with Crippen LogP contribution in [0.1, 0.15) is 50.1 Å². The molecule has 20 heavy (non-hydrogen) atoms. The Hall–Kier alpha value is -1.26. The molecule has 0 aliphatic rings. The van der Waals surface area contributed by atoms with Crippen LogP contribution in [-0.2, 0) is 6.54 Å². The van der Waals surface area contributed by atoms with E-state index in [-0.39, 0.29) is 0 Å². The second-order valence-corrected chi connectivity index (χ2v) is 6.34. The Morgan fingerprint density at radius 3 is 2.85 bits per heavy atom. The van der Waals surface area contributed by atoms with Crippen LogP contribution < -0.4 is 5.32 Å². The number of nitrogens with zero attached hydrogens (tertiary/aromatic N) is 2. The molecule has 0 fully saturated rings. The Morgan fingerprint density at radius 1 is 1.35 bits per heavy atom. The van der Waals surface area contributed by atoms with Crippen LogP contribution in [0.2, 0.25) is 0 Å². The van der Waals surface area contributed by atoms with E-state index in [1.165, 1.54) is 23.4 Å². The average Bonchev–Trinajstić information content (AvgIpc) is 2.89. The molecule has 0 spiro atoms. The minimum atomic E-state index is 0.458. The van der Waals surface area contributed by atoms with Crippen molar-refractivity contribution in [1.29, 1.82) is 0 Å². The summed E-state index contributed by atoms with van der Waals surface area (Å²) in [6, 6.07) is 4.04. The monoisotopic (exact) mass is 289 g/mol. The van der Waals surface area contributed by atoms with Crippen molar-refractivity contribution < 1.29 is 0 Å². The molecule has 1 N–H and O–H groups in total. The van der Waals surface area contributed by atoms with Crippen molar-refractivity contribution in [1.82, 2.24) is 15.3 Å². The Labute approximate surface area is 125 Å². The van der Waals surface area contributed by atoms with Gasteiger partial charge in [0.2, 0.25) is 0 Å². The predicted molar refractivity (Wildman–Crippen MR) is 86.0 cm³/mol. The number of aromatic nitrogens is 2. The van der Waals surface area contributed by atoms with Gasteiger partial charge in [0, 0.05) is 29.4 Å². The zero-order valence-electron chi connectivity index (χ0n) is 12.5. The number of unbranched alkanes of at least 4 members (excludes halogenated alkanes) is 1. The quantitative estimate of drug-likeness (QED) is 0.776. The topological polar surface area (TPSA) is 37.8 Å². The van der Waals surface area contributed by atoms with Crippen molar-refractivity contribution in [3.8, 4) is 10.6 Å². The first-order valence-electron chi connectivity index (χ1n) is 7.33. The Bertz CT molecular complexity index is 520. The highest BCUT2D eigenvalue weighted by molar-refractivity contribution is 7.15. The third kappa shape index (κ3) is 3.87. The van der Waals surface area contributed by atoms with E-state index >= 15 is 0 Å². The van der Waals surface area contributed by atoms with Crippen LogP contribution in [0.5, 0.6) is 0 Å². The first-order chi connectivity index (χ1) is 9.72. The van der Waals surface area contributed by atoms with Gasteiger partial charge >= 0.3 is 0 Å². The van der Waals surface area contributed by atoms with Gasteiger partial charge in [0.15, 0.2) is 0 Å². The van der Waals surface area contributed by atoms with Gasteiger partial charge in [-0.2, -0.15) is 0 Å². The first-order valence-corrected chi connectivity index (χ1v) is 8.14. The highest BCUT2D eigenvalue weighted by Crippen LogP contribution is 2.31. The lowest BCUT2D eigenvalue weighted by molar-refractivity contribution is 0.639. The molecule has 3 nitrogen and oxygen atoms in total. The molecule has 0 saturated heterocycles. The second kappa shape index (κ2) is 7.50. The smallest absolute Gasteiger partial charge is 0.125 e. The second-order valence-electron chi connectivity index (χ2n) is 5.25. The molecule has 0 aliphatic heterocycles. The van der Waals surface area contributed by atoms with E-state index in [2.05, 4.69) is 37.1 Å². The number of thiazole rings is 1. The maximum absolute atomic E-state index is 4.82. The third-order valence-corrected chi connectivity index (χ3v) is 4.30. The summed E-state index contributed by atoms with van der Waals surface area (Å²) in [5.74, 6) is 0.458. The van der Waals surface area contributed by atoms with Crippen LogP contribution in [-0.4, -0.2) is 16.5 Å². The van der Waals surface area contributed by atoms with E-state index < -0.39 is 0 Å². The SMILES string of the molecule is CCCCNCc1sc(-c2cccnc2)nc1C(C)C. The number of hydrogen-bond donors (Lipinski definition) is 1. The van der Waals surface area contributed by atoms with E-state index in [0.29, 0.717) is 5.92 Å². The number of hydrogen-bond acceptors (Lipinski definition) is 4. The summed E-state index contributed by atoms with van der Waals surface area (Å²) in [6.07, 6.45) is 6.14. The van der Waals surface area contributed by atoms with Gasteiger partial charge in [-0.25, -0.2) is 4.98 Å². The molecule has 0 aromatic carbocycles. The zero-order valence-corrected chi connectivity index (χ0v) is 13.3. The summed E-state index contributed by atoms with van der Waals surface area (Å²) >= 11 is 1.79. The molecule has 0 aliphatic carbocycles. The van der Waals surface area contributed by atoms with Crippen molar-refractivity contribution in [2.75, 3.05) is 6.54 Å². The van der Waals surface area contributed by atoms with Gasteiger partial charge in [-0.1, -0.05) is 27.2 Å². The van der Waals surface area contributed by atoms with Crippen LogP contribution in [0, 0.1) is 0 Å². The van der Waals surface area contributed by atoms with E-state index in [1.807, 2.05) is 12.3 Å². The average molecular weight is 289 g/mol. The molecule has 0 saturated carbocycles. The number of rotatable bonds is 7. The minimum absolute atomic E-state index is 0.458. The van der Waals surface area contributed by atoms with Crippen molar-refractivity contribution >= 4 is 11.3 Å². The van der Waals surface area contributed by atoms with E-state index in [4.69, 9.17) is 4.98 Å². The normalized spacial score (nSPS) is 11.2. The maximum atomic E-state index is 4.82. The van der Waals surface area contributed by atoms with Crippen LogP contribution in [0.25, 0.3) is 10.6 Å². The molecule has 4 heteroatoms. The molecular weight excluding hydrogens is 266 g/mol. The summed E-state index contributed by atoms with van der Waals surface area (Å²) in [5, 5.41) is 4.60. The molecule has 0 radical (unpaired) electrons. The van der Waals surface area contributed by atoms with Crippen LogP contribution in [0.3, 0.4) is 0 Å². The minimum Gasteiger partial charge on any atom is -0.312 e. The van der Waals surface area contributed by atoms with Crippen LogP contribution >= 0.6 is 11.3 Å². The first kappa shape index (κ1) is 15.1. The highest BCUT2D eigenvalue weighted by Gasteiger charge is 2.14. The van der Waals surface area contributed by atoms with Crippen LogP contribution in [0.15, 0.2) is 24.5 Å². The van der Waals surface area contributed by atoms with Gasteiger partial charge in [-0.3, -0.25) is 4.98 Å². The molecule has 108 valence electrons. The maximum Gasteiger partial charge on any atom is 0.125 e. The molecule has 2 aromatic rings. The Balaban J connectivity index is 2.16. The third-order valence-electron chi connectivity index (χ3n) is 3.18. The van der Waals surface area contributed by atoms with Gasteiger partial charge in [0.05, 0.1) is 5.69 Å². The van der Waals surface area contributed by atoms with Crippen molar-refractivity contribution in [2.45, 2.75) is 46.1 Å². The summed E-state index contributed by atoms with van der Waals surface area (Å²) in [5.41, 5.74) is 2.33. The van der Waals surface area contributed by atoms with Gasteiger partial charge in [0.1, 0.15) is 5.01 Å². The van der Waals surface area contributed by atoms with Gasteiger partial charge in [-0.05, 0) is 31.0 Å². The molecule has 0 bridgehead atoms. The number of nitrogens with one attached hydrogen (secondary N) is 1. The highest BCUT2D eigenvalue weighted by atomic mass is 32.1. The fourth-order valence-corrected chi connectivity index (χ4v) is 3.23. The van der Waals surface area contributed by atoms with E-state index in [9.17, 15) is 0 Å². The molecule has 0 atom stereocenters. The molecule has 0 unspecified atom stereocenters. The fourth-order valence-electron chi connectivity index (χ4n) is 2.06. The fraction of sp³-hybridized carbons (Fsp3) is 0.500. The largest absolute Gasteiger partial charge is 0.312 e. The van der Waals surface area contributed by atoms with Crippen molar-refractivity contribution in [3.63, 3.8) is 0 Å². The standard InChI is InChI=1S/C16H23N3S/c1-4-5-8-18-11-14-15(12(2)3)19-16(20-14)13-7-6-9-17-10-13/h6-7,9-10,12,18H,4-5,8,11H2,1-3H3. The summed E-state index contributed by atoms with van der Waals surface area (Å²) in [7, 11) is 0. The van der Waals surface area contributed by atoms with Crippen molar-refractivity contribution in [3.05, 3.63) is 35.1 Å². The summed E-state index contributed by atoms with van der Waals surface area (Å²) in [4.78, 5) is 10.4. The zero-order chi connectivity index (χ0) is 14.4. The molecule has 0 amide bonds. The summed E-state index contributed by atoms with van der Waals surface area (Å²) < 4.78 is 0. The Kier molecular flexibility index (Phi) is 5.68. The molecule has 2 aromatic heterocycles. The van der Waals surface area contributed by atoms with Crippen LogP contribution in [0.4, 0.5) is 0 Å². The van der Waals surface area contributed by atoms with Gasteiger partial charge < -0.3 is 5.32 Å². The van der Waals surface area contributed by atoms with Crippen molar-refractivity contribution in [2.24, 2.45) is 0 Å². The van der Waals surface area contributed by atoms with Gasteiger partial charge in [0.25, 0.3) is 0 Å². The predicted octanol–water partition coefficient (Wildman–Crippen LogP) is 4.22. The Morgan fingerprint density at radius 2 is 2.20 bits per heavy atom. The molecule has 2 rings (SSSR count). The molecular formula is C16H23N3S. The lowest BCUT2D eigenvalue weighted by Crippen LogP contribution is -2.14. The van der Waals surface area contributed by atoms with E-state index in [0.717, 1.165) is 23.7 Å². The summed E-state index contributed by atoms with van der Waals surface area (Å²) in [6.45, 7) is 8.63. The molecule has 2 heterocycles. The lowest BCUT2D eigenvalue weighted by atomic mass is 10.1. The van der Waals surface area contributed by atoms with Gasteiger partial charge in [-0.15, -0.1) is 11.3 Å². The van der Waals surface area contributed by atoms with E-state index in [1.54, 1.807) is 17.5 Å².